The van der Waals surface area contributed by atoms with Crippen LogP contribution in [0.25, 0.3) is 0 Å². The molecule has 0 unspecified atom stereocenters. The zero-order valence-electron chi connectivity index (χ0n) is 15.5. The maximum Gasteiger partial charge on any atom is 0.335 e. The monoisotopic (exact) mass is 341 g/mol. The average Bonchev–Trinajstić information content (AvgIpc) is 2.62. The highest BCUT2D eigenvalue weighted by molar-refractivity contribution is 5.88. The molecule has 0 saturated carbocycles. The van der Waals surface area contributed by atoms with Gasteiger partial charge in [-0.3, -0.25) is 0 Å². The van der Waals surface area contributed by atoms with Crippen molar-refractivity contribution in [1.82, 2.24) is 4.90 Å². The molecule has 0 bridgehead atoms. The summed E-state index contributed by atoms with van der Waals surface area (Å²) in [7, 11) is 3.20. The van der Waals surface area contributed by atoms with Gasteiger partial charge in [0.25, 0.3) is 0 Å². The average molecular weight is 341 g/mol. The molecule has 0 radical (unpaired) electrons. The summed E-state index contributed by atoms with van der Waals surface area (Å²) in [6.07, 6.45) is 0.876. The zero-order valence-corrected chi connectivity index (χ0v) is 15.5. The first-order chi connectivity index (χ1) is 11.6. The summed E-state index contributed by atoms with van der Waals surface area (Å²) >= 11 is 0. The van der Waals surface area contributed by atoms with Gasteiger partial charge < -0.3 is 24.2 Å². The summed E-state index contributed by atoms with van der Waals surface area (Å²) < 4.78 is 15.9. The molecule has 0 aromatic heterocycles. The van der Waals surface area contributed by atoms with Gasteiger partial charge in [0, 0.05) is 20.2 Å². The van der Waals surface area contributed by atoms with Gasteiger partial charge in [-0.15, -0.1) is 0 Å². The SMILES string of the molecule is CC.CCN(CCCOc1ccc(C(=O)O)cc1OC)CCOC. The predicted molar refractivity (Wildman–Crippen MR) is 95.4 cm³/mol. The Kier molecular flexibility index (Phi) is 12.6. The molecule has 24 heavy (non-hydrogen) atoms. The summed E-state index contributed by atoms with van der Waals surface area (Å²) in [4.78, 5) is 13.2. The Labute approximate surface area is 145 Å². The molecule has 0 saturated heterocycles. The van der Waals surface area contributed by atoms with E-state index in [0.29, 0.717) is 18.1 Å². The van der Waals surface area contributed by atoms with E-state index >= 15 is 0 Å². The molecule has 0 fully saturated rings. The summed E-state index contributed by atoms with van der Waals surface area (Å²) in [6.45, 7) is 10.2. The van der Waals surface area contributed by atoms with Crippen LogP contribution in [0.1, 0.15) is 37.6 Å². The van der Waals surface area contributed by atoms with Gasteiger partial charge in [0.05, 0.1) is 25.9 Å². The van der Waals surface area contributed by atoms with Crippen molar-refractivity contribution in [2.45, 2.75) is 27.2 Å². The van der Waals surface area contributed by atoms with Crippen LogP contribution in [0.5, 0.6) is 11.5 Å². The van der Waals surface area contributed by atoms with Crippen molar-refractivity contribution in [2.24, 2.45) is 0 Å². The molecule has 0 amide bonds. The molecule has 0 heterocycles. The molecule has 1 aromatic rings. The largest absolute Gasteiger partial charge is 0.493 e. The lowest BCUT2D eigenvalue weighted by atomic mass is 10.2. The topological polar surface area (TPSA) is 68.2 Å². The van der Waals surface area contributed by atoms with Gasteiger partial charge >= 0.3 is 5.97 Å². The summed E-state index contributed by atoms with van der Waals surface area (Å²) in [5.74, 6) is 0.0145. The summed E-state index contributed by atoms with van der Waals surface area (Å²) in [6, 6.07) is 4.61. The first-order valence-electron chi connectivity index (χ1n) is 8.37. The van der Waals surface area contributed by atoms with E-state index in [0.717, 1.165) is 32.7 Å². The van der Waals surface area contributed by atoms with Gasteiger partial charge in [-0.25, -0.2) is 4.79 Å². The summed E-state index contributed by atoms with van der Waals surface area (Å²) in [5.41, 5.74) is 0.181. The highest BCUT2D eigenvalue weighted by Crippen LogP contribution is 2.28. The maximum absolute atomic E-state index is 10.9. The van der Waals surface area contributed by atoms with Crippen molar-refractivity contribution in [3.05, 3.63) is 23.8 Å². The van der Waals surface area contributed by atoms with Gasteiger partial charge in [-0.1, -0.05) is 20.8 Å². The molecule has 0 aliphatic heterocycles. The number of hydrogen-bond donors (Lipinski definition) is 1. The first kappa shape index (κ1) is 22.2. The Hall–Kier alpha value is -1.79. The molecule has 1 N–H and O–H groups in total. The van der Waals surface area contributed by atoms with Crippen LogP contribution in [0, 0.1) is 0 Å². The predicted octanol–water partition coefficient (Wildman–Crippen LogP) is 3.16. The maximum atomic E-state index is 10.9. The van der Waals surface area contributed by atoms with Gasteiger partial charge in [0.1, 0.15) is 0 Å². The Bertz CT molecular complexity index is 465. The molecule has 6 heteroatoms. The molecule has 6 nitrogen and oxygen atoms in total. The van der Waals surface area contributed by atoms with Gasteiger partial charge in [-0.2, -0.15) is 0 Å². The number of rotatable bonds is 11. The number of ether oxygens (including phenoxy) is 3. The number of likely N-dealkylation sites (N-methyl/N-ethyl adjacent to an activating group) is 1. The fourth-order valence-electron chi connectivity index (χ4n) is 2.04. The third-order valence-electron chi connectivity index (χ3n) is 3.35. The standard InChI is InChI=1S/C16H25NO5.C2H6/c1-4-17(9-11-20-2)8-5-10-22-14-7-6-13(16(18)19)12-15(14)21-3;1-2/h6-7,12H,4-5,8-11H2,1-3H3,(H,18,19);1-2H3. The van der Waals surface area contributed by atoms with E-state index in [2.05, 4.69) is 11.8 Å². The number of nitrogens with zero attached hydrogens (tertiary/aromatic N) is 1. The number of carboxylic acid groups (broad SMARTS) is 1. The zero-order chi connectivity index (χ0) is 18.4. The second-order valence-electron chi connectivity index (χ2n) is 4.80. The van der Waals surface area contributed by atoms with Crippen LogP contribution in [0.15, 0.2) is 18.2 Å². The van der Waals surface area contributed by atoms with Crippen LogP contribution in [0.2, 0.25) is 0 Å². The van der Waals surface area contributed by atoms with Crippen molar-refractivity contribution >= 4 is 5.97 Å². The van der Waals surface area contributed by atoms with E-state index in [4.69, 9.17) is 19.3 Å². The van der Waals surface area contributed by atoms with Gasteiger partial charge in [-0.05, 0) is 31.2 Å². The van der Waals surface area contributed by atoms with Crippen LogP contribution in [0.3, 0.4) is 0 Å². The third kappa shape index (κ3) is 8.17. The number of carboxylic acids is 1. The summed E-state index contributed by atoms with van der Waals surface area (Å²) in [5, 5.41) is 8.96. The van der Waals surface area contributed by atoms with Gasteiger partial charge in [0.2, 0.25) is 0 Å². The fraction of sp³-hybridized carbons (Fsp3) is 0.611. The minimum Gasteiger partial charge on any atom is -0.493 e. The fourth-order valence-corrected chi connectivity index (χ4v) is 2.04. The second kappa shape index (κ2) is 13.6. The van der Waals surface area contributed by atoms with E-state index in [1.165, 1.54) is 19.2 Å². The highest BCUT2D eigenvalue weighted by Gasteiger charge is 2.10. The lowest BCUT2D eigenvalue weighted by molar-refractivity contribution is 0.0696. The molecule has 0 atom stereocenters. The van der Waals surface area contributed by atoms with Gasteiger partial charge in [0.15, 0.2) is 11.5 Å². The Morgan fingerprint density at radius 3 is 2.38 bits per heavy atom. The quantitative estimate of drug-likeness (QED) is 0.624. The normalized spacial score (nSPS) is 10.1. The Balaban J connectivity index is 0.00000254. The van der Waals surface area contributed by atoms with Crippen molar-refractivity contribution < 1.29 is 24.1 Å². The number of hydrogen-bond acceptors (Lipinski definition) is 5. The lowest BCUT2D eigenvalue weighted by Crippen LogP contribution is -2.29. The molecule has 138 valence electrons. The lowest BCUT2D eigenvalue weighted by Gasteiger charge is -2.20. The number of benzene rings is 1. The minimum atomic E-state index is -0.985. The molecule has 1 aromatic carbocycles. The molecular formula is C18H31NO5. The van der Waals surface area contributed by atoms with E-state index in [1.807, 2.05) is 13.8 Å². The van der Waals surface area contributed by atoms with Crippen LogP contribution < -0.4 is 9.47 Å². The van der Waals surface area contributed by atoms with E-state index in [-0.39, 0.29) is 5.56 Å². The van der Waals surface area contributed by atoms with Crippen molar-refractivity contribution in [3.8, 4) is 11.5 Å². The van der Waals surface area contributed by atoms with Crippen molar-refractivity contribution in [3.63, 3.8) is 0 Å². The van der Waals surface area contributed by atoms with Crippen LogP contribution >= 0.6 is 0 Å². The number of aromatic carboxylic acids is 1. The number of carbonyl (C=O) groups is 1. The molecule has 0 aliphatic carbocycles. The van der Waals surface area contributed by atoms with Crippen LogP contribution in [-0.2, 0) is 4.74 Å². The van der Waals surface area contributed by atoms with Crippen LogP contribution in [-0.4, -0.2) is 63.0 Å². The Morgan fingerprint density at radius 1 is 1.12 bits per heavy atom. The first-order valence-corrected chi connectivity index (χ1v) is 8.37. The van der Waals surface area contributed by atoms with Crippen LogP contribution in [0.4, 0.5) is 0 Å². The molecule has 1 rings (SSSR count). The van der Waals surface area contributed by atoms with Crippen molar-refractivity contribution in [1.29, 1.82) is 0 Å². The minimum absolute atomic E-state index is 0.181. The third-order valence-corrected chi connectivity index (χ3v) is 3.35. The van der Waals surface area contributed by atoms with E-state index in [9.17, 15) is 4.79 Å². The number of methoxy groups -OCH3 is 2. The molecule has 0 aliphatic rings. The second-order valence-corrected chi connectivity index (χ2v) is 4.80. The van der Waals surface area contributed by atoms with E-state index < -0.39 is 5.97 Å². The smallest absolute Gasteiger partial charge is 0.335 e. The van der Waals surface area contributed by atoms with E-state index in [1.54, 1.807) is 13.2 Å². The highest BCUT2D eigenvalue weighted by atomic mass is 16.5. The molecule has 0 spiro atoms. The molecular weight excluding hydrogens is 310 g/mol. The Morgan fingerprint density at radius 2 is 1.83 bits per heavy atom. The van der Waals surface area contributed by atoms with Crippen molar-refractivity contribution in [2.75, 3.05) is 47.1 Å².